The molecule has 172 valence electrons. The topological polar surface area (TPSA) is 79.4 Å². The number of anilines is 1. The fraction of sp³-hybridized carbons (Fsp3) is 0.348. The predicted octanol–water partition coefficient (Wildman–Crippen LogP) is 2.55. The number of hydrogen-bond donors (Lipinski definition) is 0. The Morgan fingerprint density at radius 1 is 0.970 bits per heavy atom. The van der Waals surface area contributed by atoms with Gasteiger partial charge in [0, 0.05) is 50.9 Å². The molecule has 2 saturated heterocycles. The van der Waals surface area contributed by atoms with Crippen LogP contribution in [0.25, 0.3) is 0 Å². The number of halogens is 2. The highest BCUT2D eigenvalue weighted by molar-refractivity contribution is 6.33. The lowest BCUT2D eigenvalue weighted by atomic mass is 10.1. The van der Waals surface area contributed by atoms with Crippen LogP contribution in [0.3, 0.4) is 0 Å². The molecule has 0 N–H and O–H groups in total. The predicted molar refractivity (Wildman–Crippen MR) is 117 cm³/mol. The lowest BCUT2D eigenvalue weighted by Crippen LogP contribution is -2.52. The van der Waals surface area contributed by atoms with Crippen molar-refractivity contribution in [2.24, 2.45) is 5.92 Å². The van der Waals surface area contributed by atoms with Crippen LogP contribution in [0.1, 0.15) is 16.8 Å². The summed E-state index contributed by atoms with van der Waals surface area (Å²) in [6, 6.07) is 8.96. The number of carbonyl (C=O) groups is 3. The molecule has 0 radical (unpaired) electrons. The summed E-state index contributed by atoms with van der Waals surface area (Å²) in [6.07, 6.45) is 0.137. The Bertz CT molecular complexity index is 1140. The van der Waals surface area contributed by atoms with Gasteiger partial charge in [0.1, 0.15) is 5.82 Å². The maximum absolute atomic E-state index is 13.3. The molecule has 1 unspecified atom stereocenters. The Balaban J connectivity index is 1.20. The number of nitrogens with zero attached hydrogens (tertiary/aromatic N) is 3. The van der Waals surface area contributed by atoms with Crippen LogP contribution in [0.4, 0.5) is 10.1 Å². The van der Waals surface area contributed by atoms with Gasteiger partial charge in [-0.25, -0.2) is 4.39 Å². The van der Waals surface area contributed by atoms with Crippen molar-refractivity contribution in [2.45, 2.75) is 6.42 Å². The summed E-state index contributed by atoms with van der Waals surface area (Å²) >= 11 is 6.01. The zero-order valence-electron chi connectivity index (χ0n) is 17.6. The molecule has 3 aliphatic heterocycles. The third-order valence-electron chi connectivity index (χ3n) is 6.18. The maximum atomic E-state index is 13.3. The number of rotatable bonds is 3. The van der Waals surface area contributed by atoms with Gasteiger partial charge in [0.05, 0.1) is 16.5 Å². The summed E-state index contributed by atoms with van der Waals surface area (Å²) in [5.74, 6) is -0.253. The first-order valence-corrected chi connectivity index (χ1v) is 11.0. The monoisotopic (exact) mass is 473 g/mol. The largest absolute Gasteiger partial charge is 0.454 e. The van der Waals surface area contributed by atoms with Crippen LogP contribution in [-0.4, -0.2) is 67.0 Å². The first-order chi connectivity index (χ1) is 15.9. The molecular formula is C23H21ClFN3O5. The van der Waals surface area contributed by atoms with Crippen LogP contribution in [0, 0.1) is 11.7 Å². The molecule has 0 spiro atoms. The first kappa shape index (κ1) is 21.5. The van der Waals surface area contributed by atoms with Gasteiger partial charge in [0.25, 0.3) is 5.91 Å². The van der Waals surface area contributed by atoms with E-state index in [0.717, 1.165) is 6.07 Å². The second kappa shape index (κ2) is 8.55. The van der Waals surface area contributed by atoms with Crippen molar-refractivity contribution in [2.75, 3.05) is 44.4 Å². The van der Waals surface area contributed by atoms with Crippen LogP contribution in [0.5, 0.6) is 11.5 Å². The molecule has 1 atom stereocenters. The van der Waals surface area contributed by atoms with Crippen molar-refractivity contribution < 1.29 is 28.2 Å². The molecule has 0 aliphatic carbocycles. The summed E-state index contributed by atoms with van der Waals surface area (Å²) in [5.41, 5.74) is 0.907. The van der Waals surface area contributed by atoms with Gasteiger partial charge in [0.2, 0.25) is 18.6 Å². The second-order valence-electron chi connectivity index (χ2n) is 8.18. The zero-order chi connectivity index (χ0) is 23.1. The third-order valence-corrected chi connectivity index (χ3v) is 6.49. The maximum Gasteiger partial charge on any atom is 0.255 e. The molecule has 2 aromatic carbocycles. The van der Waals surface area contributed by atoms with E-state index < -0.39 is 11.7 Å². The van der Waals surface area contributed by atoms with Crippen LogP contribution < -0.4 is 14.4 Å². The Morgan fingerprint density at radius 2 is 1.70 bits per heavy atom. The van der Waals surface area contributed by atoms with Gasteiger partial charge in [-0.05, 0) is 30.3 Å². The molecule has 2 aromatic rings. The van der Waals surface area contributed by atoms with Gasteiger partial charge in [-0.1, -0.05) is 11.6 Å². The van der Waals surface area contributed by atoms with E-state index in [1.165, 1.54) is 12.1 Å². The van der Waals surface area contributed by atoms with Crippen LogP contribution in [-0.2, 0) is 9.59 Å². The number of ether oxygens (including phenoxy) is 2. The van der Waals surface area contributed by atoms with E-state index in [9.17, 15) is 18.8 Å². The quantitative estimate of drug-likeness (QED) is 0.684. The fourth-order valence-corrected chi connectivity index (χ4v) is 4.65. The summed E-state index contributed by atoms with van der Waals surface area (Å²) in [7, 11) is 0. The van der Waals surface area contributed by atoms with Gasteiger partial charge >= 0.3 is 0 Å². The Hall–Kier alpha value is -3.33. The normalized spacial score (nSPS) is 19.9. The molecule has 8 nitrogen and oxygen atoms in total. The van der Waals surface area contributed by atoms with E-state index in [-0.39, 0.29) is 41.5 Å². The van der Waals surface area contributed by atoms with Gasteiger partial charge in [-0.15, -0.1) is 0 Å². The Morgan fingerprint density at radius 3 is 2.45 bits per heavy atom. The Kier molecular flexibility index (Phi) is 5.57. The van der Waals surface area contributed by atoms with E-state index in [4.69, 9.17) is 21.1 Å². The molecular weight excluding hydrogens is 453 g/mol. The van der Waals surface area contributed by atoms with Crippen molar-refractivity contribution in [3.8, 4) is 11.5 Å². The van der Waals surface area contributed by atoms with Crippen molar-refractivity contribution in [3.63, 3.8) is 0 Å². The highest BCUT2D eigenvalue weighted by atomic mass is 35.5. The SMILES string of the molecule is O=C(c1ccc(F)cc1Cl)N1CCN(C(=O)C2CC(=O)N(c3ccc4c(c3)OCO4)C2)CC1. The van der Waals surface area contributed by atoms with Gasteiger partial charge in [0.15, 0.2) is 11.5 Å². The van der Waals surface area contributed by atoms with Crippen LogP contribution in [0.15, 0.2) is 36.4 Å². The molecule has 2 fully saturated rings. The minimum Gasteiger partial charge on any atom is -0.454 e. The number of amides is 3. The van der Waals surface area contributed by atoms with Crippen LogP contribution >= 0.6 is 11.6 Å². The standard InChI is InChI=1S/C23H21ClFN3O5/c24-18-10-15(25)1-3-17(18)23(31)27-7-5-26(6-8-27)22(30)14-9-21(29)28(12-14)16-2-4-19-20(11-16)33-13-32-19/h1-4,10-11,14H,5-9,12-13H2. The summed E-state index contributed by atoms with van der Waals surface area (Å²) in [6.45, 7) is 1.84. The Labute approximate surface area is 194 Å². The molecule has 0 saturated carbocycles. The number of benzene rings is 2. The smallest absolute Gasteiger partial charge is 0.255 e. The van der Waals surface area contributed by atoms with E-state index >= 15 is 0 Å². The van der Waals surface area contributed by atoms with Crippen molar-refractivity contribution >= 4 is 35.0 Å². The van der Waals surface area contributed by atoms with E-state index in [1.54, 1.807) is 32.9 Å². The molecule has 3 aliphatic rings. The average Bonchev–Trinajstić information content (AvgIpc) is 3.44. The zero-order valence-corrected chi connectivity index (χ0v) is 18.4. The third kappa shape index (κ3) is 4.08. The van der Waals surface area contributed by atoms with Crippen LogP contribution in [0.2, 0.25) is 5.02 Å². The minimum atomic E-state index is -0.507. The van der Waals surface area contributed by atoms with Crippen molar-refractivity contribution in [3.05, 3.63) is 52.8 Å². The number of hydrogen-bond acceptors (Lipinski definition) is 5. The number of piperazine rings is 1. The average molecular weight is 474 g/mol. The fourth-order valence-electron chi connectivity index (χ4n) is 4.40. The lowest BCUT2D eigenvalue weighted by molar-refractivity contribution is -0.137. The first-order valence-electron chi connectivity index (χ1n) is 10.6. The van der Waals surface area contributed by atoms with Gasteiger partial charge < -0.3 is 24.2 Å². The molecule has 0 aromatic heterocycles. The van der Waals surface area contributed by atoms with Gasteiger partial charge in [-0.3, -0.25) is 14.4 Å². The molecule has 3 heterocycles. The molecule has 0 bridgehead atoms. The summed E-state index contributed by atoms with van der Waals surface area (Å²) in [4.78, 5) is 43.3. The number of fused-ring (bicyclic) bond motifs is 1. The van der Waals surface area contributed by atoms with E-state index in [0.29, 0.717) is 49.9 Å². The minimum absolute atomic E-state index is 0.0617. The highest BCUT2D eigenvalue weighted by Gasteiger charge is 2.38. The van der Waals surface area contributed by atoms with E-state index in [1.807, 2.05) is 0 Å². The highest BCUT2D eigenvalue weighted by Crippen LogP contribution is 2.37. The van der Waals surface area contributed by atoms with Gasteiger partial charge in [-0.2, -0.15) is 0 Å². The number of carbonyl (C=O) groups excluding carboxylic acids is 3. The molecule has 3 amide bonds. The molecule has 5 rings (SSSR count). The lowest BCUT2D eigenvalue weighted by Gasteiger charge is -2.36. The molecule has 33 heavy (non-hydrogen) atoms. The van der Waals surface area contributed by atoms with E-state index in [2.05, 4.69) is 0 Å². The van der Waals surface area contributed by atoms with Crippen molar-refractivity contribution in [1.82, 2.24) is 9.80 Å². The second-order valence-corrected chi connectivity index (χ2v) is 8.59. The summed E-state index contributed by atoms with van der Waals surface area (Å²) in [5, 5.41) is 0.0617. The molecule has 10 heteroatoms. The summed E-state index contributed by atoms with van der Waals surface area (Å²) < 4.78 is 24.0. The van der Waals surface area contributed by atoms with Crippen molar-refractivity contribution in [1.29, 1.82) is 0 Å².